The largest absolute Gasteiger partial charge is 0.397 e. The van der Waals surface area contributed by atoms with Gasteiger partial charge in [0.05, 0.1) is 17.4 Å². The first kappa shape index (κ1) is 11.3. The number of nitrogens with two attached hydrogens (primary N) is 1. The molecule has 1 aliphatic rings. The number of hydrogen-bond donors (Lipinski definition) is 1. The number of nitrogens with zero attached hydrogens (tertiary/aromatic N) is 2. The first-order chi connectivity index (χ1) is 7.70. The molecule has 0 bridgehead atoms. The number of amides is 1. The van der Waals surface area contributed by atoms with Gasteiger partial charge in [0.2, 0.25) is 0 Å². The monoisotopic (exact) mass is 237 g/mol. The average molecular weight is 237 g/mol. The van der Waals surface area contributed by atoms with Crippen molar-refractivity contribution in [1.82, 2.24) is 9.88 Å². The van der Waals surface area contributed by atoms with Crippen molar-refractivity contribution >= 4 is 23.4 Å². The predicted molar refractivity (Wildman–Crippen MR) is 66.5 cm³/mol. The summed E-state index contributed by atoms with van der Waals surface area (Å²) in [6, 6.07) is 2.01. The van der Waals surface area contributed by atoms with Crippen molar-refractivity contribution in [1.29, 1.82) is 0 Å². The molecule has 2 heterocycles. The highest BCUT2D eigenvalue weighted by molar-refractivity contribution is 7.99. The van der Waals surface area contributed by atoms with E-state index in [9.17, 15) is 4.79 Å². The zero-order valence-electron chi connectivity index (χ0n) is 9.22. The summed E-state index contributed by atoms with van der Waals surface area (Å²) in [5.41, 5.74) is 6.74. The van der Waals surface area contributed by atoms with Gasteiger partial charge in [0.25, 0.3) is 5.91 Å². The number of carbonyl (C=O) groups is 1. The number of nitrogen functional groups attached to an aromatic ring is 1. The quantitative estimate of drug-likeness (QED) is 0.840. The maximum atomic E-state index is 12.2. The zero-order valence-corrected chi connectivity index (χ0v) is 10.0. The van der Waals surface area contributed by atoms with Gasteiger partial charge in [0.15, 0.2) is 0 Å². The highest BCUT2D eigenvalue weighted by Crippen LogP contribution is 2.23. The van der Waals surface area contributed by atoms with E-state index in [1.165, 1.54) is 6.20 Å². The summed E-state index contributed by atoms with van der Waals surface area (Å²) < 4.78 is 0. The van der Waals surface area contributed by atoms with Gasteiger partial charge in [-0.3, -0.25) is 9.78 Å². The molecule has 0 radical (unpaired) electrons. The third-order valence-corrected chi connectivity index (χ3v) is 4.00. The molecule has 4 nitrogen and oxygen atoms in total. The van der Waals surface area contributed by atoms with E-state index < -0.39 is 0 Å². The van der Waals surface area contributed by atoms with Crippen molar-refractivity contribution in [3.05, 3.63) is 24.0 Å². The summed E-state index contributed by atoms with van der Waals surface area (Å²) in [5, 5.41) is 0. The molecule has 1 fully saturated rings. The van der Waals surface area contributed by atoms with Crippen LogP contribution in [0.4, 0.5) is 5.69 Å². The third-order valence-electron chi connectivity index (χ3n) is 2.86. The van der Waals surface area contributed by atoms with Crippen molar-refractivity contribution in [2.75, 3.05) is 24.3 Å². The van der Waals surface area contributed by atoms with E-state index in [1.807, 2.05) is 18.8 Å². The van der Waals surface area contributed by atoms with Crippen LogP contribution in [0.3, 0.4) is 0 Å². The summed E-state index contributed by atoms with van der Waals surface area (Å²) in [6.07, 6.45) is 4.18. The highest BCUT2D eigenvalue weighted by Gasteiger charge is 2.25. The SMILES string of the molecule is CN(C(=O)c1ccncc1N)C1CCSC1. The molecule has 1 atom stereocenters. The molecule has 1 amide bonds. The lowest BCUT2D eigenvalue weighted by atomic mass is 10.1. The van der Waals surface area contributed by atoms with Crippen molar-refractivity contribution in [3.8, 4) is 0 Å². The van der Waals surface area contributed by atoms with Gasteiger partial charge in [-0.25, -0.2) is 0 Å². The molecule has 0 aliphatic carbocycles. The minimum Gasteiger partial charge on any atom is -0.397 e. The number of anilines is 1. The van der Waals surface area contributed by atoms with Crippen LogP contribution in [0.1, 0.15) is 16.8 Å². The van der Waals surface area contributed by atoms with Crippen LogP contribution in [-0.2, 0) is 0 Å². The average Bonchev–Trinajstić information content (AvgIpc) is 2.81. The molecule has 1 aliphatic heterocycles. The molecule has 2 N–H and O–H groups in total. The third kappa shape index (κ3) is 2.14. The van der Waals surface area contributed by atoms with Crippen LogP contribution in [-0.4, -0.2) is 40.4 Å². The second-order valence-corrected chi connectivity index (χ2v) is 5.05. The first-order valence-electron chi connectivity index (χ1n) is 5.24. The van der Waals surface area contributed by atoms with E-state index in [2.05, 4.69) is 4.98 Å². The number of rotatable bonds is 2. The maximum Gasteiger partial charge on any atom is 0.256 e. The number of pyridine rings is 1. The van der Waals surface area contributed by atoms with E-state index in [-0.39, 0.29) is 5.91 Å². The van der Waals surface area contributed by atoms with E-state index in [4.69, 9.17) is 5.73 Å². The molecule has 0 spiro atoms. The molecule has 5 heteroatoms. The Morgan fingerprint density at radius 3 is 3.12 bits per heavy atom. The topological polar surface area (TPSA) is 59.2 Å². The van der Waals surface area contributed by atoms with Gasteiger partial charge in [0, 0.05) is 25.0 Å². The summed E-state index contributed by atoms with van der Waals surface area (Å²) in [7, 11) is 1.85. The van der Waals surface area contributed by atoms with E-state index in [1.54, 1.807) is 17.2 Å². The van der Waals surface area contributed by atoms with Crippen molar-refractivity contribution in [3.63, 3.8) is 0 Å². The molecule has 1 aromatic heterocycles. The van der Waals surface area contributed by atoms with Crippen LogP contribution in [0.2, 0.25) is 0 Å². The summed E-state index contributed by atoms with van der Waals surface area (Å²) in [4.78, 5) is 17.8. The summed E-state index contributed by atoms with van der Waals surface area (Å²) in [5.74, 6) is 2.15. The molecular formula is C11H15N3OS. The van der Waals surface area contributed by atoms with Crippen molar-refractivity contribution in [2.24, 2.45) is 0 Å². The Labute approximate surface area is 99.2 Å². The fourth-order valence-corrected chi connectivity index (χ4v) is 3.05. The van der Waals surface area contributed by atoms with Gasteiger partial charge >= 0.3 is 0 Å². The van der Waals surface area contributed by atoms with Crippen LogP contribution >= 0.6 is 11.8 Å². The van der Waals surface area contributed by atoms with Crippen LogP contribution in [0, 0.1) is 0 Å². The number of carbonyl (C=O) groups excluding carboxylic acids is 1. The molecule has 1 saturated heterocycles. The number of aromatic nitrogens is 1. The van der Waals surface area contributed by atoms with Gasteiger partial charge < -0.3 is 10.6 Å². The highest BCUT2D eigenvalue weighted by atomic mass is 32.2. The second kappa shape index (κ2) is 4.74. The van der Waals surface area contributed by atoms with Crippen LogP contribution in [0.5, 0.6) is 0 Å². The van der Waals surface area contributed by atoms with Crippen LogP contribution in [0.25, 0.3) is 0 Å². The van der Waals surface area contributed by atoms with Crippen molar-refractivity contribution in [2.45, 2.75) is 12.5 Å². The lowest BCUT2D eigenvalue weighted by Gasteiger charge is -2.24. The second-order valence-electron chi connectivity index (χ2n) is 3.90. The Bertz CT molecular complexity index is 391. The van der Waals surface area contributed by atoms with Gasteiger partial charge in [-0.15, -0.1) is 0 Å². The van der Waals surface area contributed by atoms with E-state index in [0.717, 1.165) is 17.9 Å². The molecule has 86 valence electrons. The van der Waals surface area contributed by atoms with Crippen molar-refractivity contribution < 1.29 is 4.79 Å². The minimum absolute atomic E-state index is 0.00704. The molecule has 0 saturated carbocycles. The smallest absolute Gasteiger partial charge is 0.256 e. The number of hydrogen-bond acceptors (Lipinski definition) is 4. The fraction of sp³-hybridized carbons (Fsp3) is 0.455. The predicted octanol–water partition coefficient (Wildman–Crippen LogP) is 1.24. The Morgan fingerprint density at radius 1 is 1.69 bits per heavy atom. The van der Waals surface area contributed by atoms with Gasteiger partial charge in [-0.2, -0.15) is 11.8 Å². The maximum absolute atomic E-state index is 12.2. The summed E-state index contributed by atoms with van der Waals surface area (Å²) in [6.45, 7) is 0. The Balaban J connectivity index is 2.15. The molecule has 2 rings (SSSR count). The molecule has 1 aromatic rings. The Hall–Kier alpha value is -1.23. The van der Waals surface area contributed by atoms with Crippen LogP contribution < -0.4 is 5.73 Å². The minimum atomic E-state index is -0.00704. The Kier molecular flexibility index (Phi) is 3.33. The molecule has 16 heavy (non-hydrogen) atoms. The molecule has 0 aromatic carbocycles. The fourth-order valence-electron chi connectivity index (χ4n) is 1.78. The lowest BCUT2D eigenvalue weighted by molar-refractivity contribution is 0.0749. The number of thioether (sulfide) groups is 1. The molecule has 1 unspecified atom stereocenters. The van der Waals surface area contributed by atoms with Gasteiger partial charge in [-0.1, -0.05) is 0 Å². The standard InChI is InChI=1S/C11H15N3OS/c1-14(8-3-5-16-7-8)11(15)9-2-4-13-6-10(9)12/h2,4,6,8H,3,5,7,12H2,1H3. The normalized spacial score (nSPS) is 19.7. The zero-order chi connectivity index (χ0) is 11.5. The Morgan fingerprint density at radius 2 is 2.50 bits per heavy atom. The van der Waals surface area contributed by atoms with E-state index in [0.29, 0.717) is 17.3 Å². The van der Waals surface area contributed by atoms with E-state index >= 15 is 0 Å². The lowest BCUT2D eigenvalue weighted by Crippen LogP contribution is -2.37. The first-order valence-corrected chi connectivity index (χ1v) is 6.40. The van der Waals surface area contributed by atoms with Gasteiger partial charge in [0.1, 0.15) is 0 Å². The molecular weight excluding hydrogens is 222 g/mol. The van der Waals surface area contributed by atoms with Gasteiger partial charge in [-0.05, 0) is 18.2 Å². The van der Waals surface area contributed by atoms with Crippen LogP contribution in [0.15, 0.2) is 18.5 Å². The summed E-state index contributed by atoms with van der Waals surface area (Å²) >= 11 is 1.89.